The van der Waals surface area contributed by atoms with E-state index in [9.17, 15) is 23.6 Å². The number of amides is 4. The second kappa shape index (κ2) is 6.77. The van der Waals surface area contributed by atoms with Gasteiger partial charge in [-0.05, 0) is 54.6 Å². The van der Waals surface area contributed by atoms with Gasteiger partial charge in [0.25, 0.3) is 23.6 Å². The Labute approximate surface area is 173 Å². The van der Waals surface area contributed by atoms with E-state index in [-0.39, 0.29) is 22.5 Å². The standard InChI is InChI=1S/C22H12FN3O5/c23-12-2-4-13(5-3-12)26-22(30)17(21(29)25-26)10-14-6-8-18(31-14)11-1-7-15-16(9-11)20(28)24-19(15)27/h1-10H,(H,25,29)(H,24,27,28). The van der Waals surface area contributed by atoms with Crippen molar-refractivity contribution >= 4 is 35.4 Å². The molecule has 0 spiro atoms. The van der Waals surface area contributed by atoms with Gasteiger partial charge < -0.3 is 4.42 Å². The van der Waals surface area contributed by atoms with Gasteiger partial charge in [0.15, 0.2) is 0 Å². The van der Waals surface area contributed by atoms with Crippen molar-refractivity contribution in [1.82, 2.24) is 10.7 Å². The van der Waals surface area contributed by atoms with Gasteiger partial charge in [-0.25, -0.2) is 9.40 Å². The van der Waals surface area contributed by atoms with Crippen LogP contribution in [-0.4, -0.2) is 23.6 Å². The zero-order chi connectivity index (χ0) is 21.7. The molecule has 2 aromatic carbocycles. The van der Waals surface area contributed by atoms with Crippen LogP contribution < -0.4 is 15.8 Å². The van der Waals surface area contributed by atoms with Crippen LogP contribution >= 0.6 is 0 Å². The predicted octanol–water partition coefficient (Wildman–Crippen LogP) is 2.43. The lowest BCUT2D eigenvalue weighted by molar-refractivity contribution is -0.117. The Kier molecular flexibility index (Phi) is 4.04. The number of hydrogen-bond acceptors (Lipinski definition) is 5. The largest absolute Gasteiger partial charge is 0.457 e. The minimum absolute atomic E-state index is 0.149. The third-order valence-electron chi connectivity index (χ3n) is 4.91. The van der Waals surface area contributed by atoms with Crippen LogP contribution in [0.15, 0.2) is 64.6 Å². The smallest absolute Gasteiger partial charge is 0.282 e. The molecule has 0 atom stereocenters. The summed E-state index contributed by atoms with van der Waals surface area (Å²) in [6.45, 7) is 0. The Hall–Kier alpha value is -4.53. The molecule has 0 unspecified atom stereocenters. The number of hydrazine groups is 1. The van der Waals surface area contributed by atoms with Crippen molar-refractivity contribution in [2.45, 2.75) is 0 Å². The highest BCUT2D eigenvalue weighted by molar-refractivity contribution is 6.31. The third-order valence-corrected chi connectivity index (χ3v) is 4.91. The molecule has 9 heteroatoms. The molecule has 4 amide bonds. The molecule has 3 aromatic rings. The Balaban J connectivity index is 1.43. The molecule has 1 aromatic heterocycles. The highest BCUT2D eigenvalue weighted by Crippen LogP contribution is 2.28. The zero-order valence-corrected chi connectivity index (χ0v) is 15.6. The average Bonchev–Trinajstić information content (AvgIpc) is 3.42. The van der Waals surface area contributed by atoms with Gasteiger partial charge in [0.2, 0.25) is 0 Å². The molecule has 1 fully saturated rings. The summed E-state index contributed by atoms with van der Waals surface area (Å²) in [6, 6.07) is 13.0. The predicted molar refractivity (Wildman–Crippen MR) is 106 cm³/mol. The Morgan fingerprint density at radius 3 is 2.35 bits per heavy atom. The van der Waals surface area contributed by atoms with Crippen LogP contribution in [0.4, 0.5) is 10.1 Å². The molecule has 31 heavy (non-hydrogen) atoms. The minimum Gasteiger partial charge on any atom is -0.457 e. The Morgan fingerprint density at radius 2 is 1.58 bits per heavy atom. The number of nitrogens with zero attached hydrogens (tertiary/aromatic N) is 1. The number of hydrogen-bond donors (Lipinski definition) is 2. The quantitative estimate of drug-likeness (QED) is 0.387. The van der Waals surface area contributed by atoms with Crippen molar-refractivity contribution in [3.63, 3.8) is 0 Å². The first-order valence-electron chi connectivity index (χ1n) is 9.13. The lowest BCUT2D eigenvalue weighted by Gasteiger charge is -2.14. The molecular formula is C22H12FN3O5. The number of carbonyl (C=O) groups is 4. The van der Waals surface area contributed by atoms with E-state index in [0.717, 1.165) is 5.01 Å². The number of benzene rings is 2. The van der Waals surface area contributed by atoms with Crippen LogP contribution in [0.5, 0.6) is 0 Å². The van der Waals surface area contributed by atoms with Crippen molar-refractivity contribution < 1.29 is 28.0 Å². The van der Waals surface area contributed by atoms with Crippen LogP contribution in [0, 0.1) is 5.82 Å². The first kappa shape index (κ1) is 18.5. The van der Waals surface area contributed by atoms with Gasteiger partial charge >= 0.3 is 0 Å². The SMILES string of the molecule is O=C1NN(c2ccc(F)cc2)C(=O)C1=Cc1ccc(-c2ccc3c(c2)C(=O)NC3=O)o1. The van der Waals surface area contributed by atoms with Crippen LogP contribution in [0.1, 0.15) is 26.5 Å². The van der Waals surface area contributed by atoms with Crippen LogP contribution in [-0.2, 0) is 9.59 Å². The summed E-state index contributed by atoms with van der Waals surface area (Å²) < 4.78 is 18.8. The van der Waals surface area contributed by atoms with Crippen LogP contribution in [0.25, 0.3) is 17.4 Å². The van der Waals surface area contributed by atoms with Gasteiger partial charge in [-0.2, -0.15) is 0 Å². The highest BCUT2D eigenvalue weighted by atomic mass is 19.1. The molecule has 3 heterocycles. The molecule has 5 rings (SSSR count). The van der Waals surface area contributed by atoms with Gasteiger partial charge in [-0.15, -0.1) is 0 Å². The van der Waals surface area contributed by atoms with E-state index in [1.807, 2.05) is 0 Å². The van der Waals surface area contributed by atoms with E-state index in [0.29, 0.717) is 17.0 Å². The molecule has 8 nitrogen and oxygen atoms in total. The molecule has 2 N–H and O–H groups in total. The summed E-state index contributed by atoms with van der Waals surface area (Å²) in [5, 5.41) is 3.24. The summed E-state index contributed by atoms with van der Waals surface area (Å²) in [5.41, 5.74) is 3.68. The molecule has 0 aliphatic carbocycles. The number of furan rings is 1. The number of rotatable bonds is 3. The van der Waals surface area contributed by atoms with E-state index in [4.69, 9.17) is 4.42 Å². The maximum atomic E-state index is 13.1. The molecular weight excluding hydrogens is 405 g/mol. The fourth-order valence-electron chi connectivity index (χ4n) is 3.38. The number of imide groups is 1. The normalized spacial score (nSPS) is 16.7. The zero-order valence-electron chi connectivity index (χ0n) is 15.6. The second-order valence-corrected chi connectivity index (χ2v) is 6.86. The van der Waals surface area contributed by atoms with E-state index in [1.165, 1.54) is 42.5 Å². The van der Waals surface area contributed by atoms with Gasteiger partial charge in [-0.1, -0.05) is 6.07 Å². The first-order valence-corrected chi connectivity index (χ1v) is 9.13. The summed E-state index contributed by atoms with van der Waals surface area (Å²) in [6.07, 6.45) is 1.30. The molecule has 0 saturated carbocycles. The van der Waals surface area contributed by atoms with Crippen LogP contribution in [0.2, 0.25) is 0 Å². The number of halogens is 1. The molecule has 0 radical (unpaired) electrons. The van der Waals surface area contributed by atoms with Gasteiger partial charge in [0, 0.05) is 5.56 Å². The van der Waals surface area contributed by atoms with Crippen molar-refractivity contribution in [2.24, 2.45) is 0 Å². The minimum atomic E-state index is -0.625. The van der Waals surface area contributed by atoms with Crippen molar-refractivity contribution in [3.8, 4) is 11.3 Å². The number of fused-ring (bicyclic) bond motifs is 1. The van der Waals surface area contributed by atoms with E-state index in [1.54, 1.807) is 18.2 Å². The maximum Gasteiger partial charge on any atom is 0.282 e. The molecule has 0 bridgehead atoms. The molecule has 2 aliphatic rings. The fourth-order valence-corrected chi connectivity index (χ4v) is 3.38. The van der Waals surface area contributed by atoms with E-state index < -0.39 is 29.4 Å². The third kappa shape index (κ3) is 3.08. The topological polar surface area (TPSA) is 109 Å². The second-order valence-electron chi connectivity index (χ2n) is 6.86. The van der Waals surface area contributed by atoms with E-state index >= 15 is 0 Å². The average molecular weight is 417 g/mol. The first-order chi connectivity index (χ1) is 14.9. The monoisotopic (exact) mass is 417 g/mol. The summed E-state index contributed by atoms with van der Waals surface area (Å²) >= 11 is 0. The van der Waals surface area contributed by atoms with Gasteiger partial charge in [-0.3, -0.25) is 29.9 Å². The highest BCUT2D eigenvalue weighted by Gasteiger charge is 2.35. The Morgan fingerprint density at radius 1 is 0.839 bits per heavy atom. The summed E-state index contributed by atoms with van der Waals surface area (Å²) in [4.78, 5) is 48.4. The van der Waals surface area contributed by atoms with E-state index in [2.05, 4.69) is 10.7 Å². The number of carbonyl (C=O) groups excluding carboxylic acids is 4. The van der Waals surface area contributed by atoms with Crippen molar-refractivity contribution in [3.05, 3.63) is 82.9 Å². The van der Waals surface area contributed by atoms with Gasteiger partial charge in [0.05, 0.1) is 16.8 Å². The lowest BCUT2D eigenvalue weighted by atomic mass is 10.0. The van der Waals surface area contributed by atoms with Crippen LogP contribution in [0.3, 0.4) is 0 Å². The van der Waals surface area contributed by atoms with Crippen molar-refractivity contribution in [2.75, 3.05) is 5.01 Å². The summed E-state index contributed by atoms with van der Waals surface area (Å²) in [7, 11) is 0. The fraction of sp³-hybridized carbons (Fsp3) is 0. The number of nitrogens with one attached hydrogen (secondary N) is 2. The Bertz CT molecular complexity index is 1320. The number of anilines is 1. The lowest BCUT2D eigenvalue weighted by Crippen LogP contribution is -2.35. The van der Waals surface area contributed by atoms with Gasteiger partial charge in [0.1, 0.15) is 22.9 Å². The summed E-state index contributed by atoms with van der Waals surface area (Å²) in [5.74, 6) is -1.99. The van der Waals surface area contributed by atoms with Crippen molar-refractivity contribution in [1.29, 1.82) is 0 Å². The molecule has 152 valence electrons. The molecule has 1 saturated heterocycles. The maximum absolute atomic E-state index is 13.1. The molecule has 2 aliphatic heterocycles.